The fourth-order valence-electron chi connectivity index (χ4n) is 3.62. The van der Waals surface area contributed by atoms with Gasteiger partial charge in [-0.2, -0.15) is 0 Å². The van der Waals surface area contributed by atoms with Crippen LogP contribution >= 0.6 is 0 Å². The second-order valence-corrected chi connectivity index (χ2v) is 7.88. The molecule has 0 aliphatic carbocycles. The van der Waals surface area contributed by atoms with Gasteiger partial charge in [-0.1, -0.05) is 64.7 Å². The van der Waals surface area contributed by atoms with Crippen LogP contribution in [0.4, 0.5) is 0 Å². The van der Waals surface area contributed by atoms with Crippen LogP contribution in [-0.2, 0) is 9.53 Å². The average Bonchev–Trinajstić information content (AvgIpc) is 2.66. The van der Waals surface area contributed by atoms with Crippen molar-refractivity contribution in [1.29, 1.82) is 0 Å². The van der Waals surface area contributed by atoms with Crippen LogP contribution in [-0.4, -0.2) is 64.6 Å². The first-order chi connectivity index (χ1) is 13.4. The van der Waals surface area contributed by atoms with Gasteiger partial charge in [-0.25, -0.2) is 0 Å². The van der Waals surface area contributed by atoms with E-state index in [-0.39, 0.29) is 12.1 Å². The molecule has 0 saturated carbocycles. The lowest BCUT2D eigenvalue weighted by Gasteiger charge is -2.43. The van der Waals surface area contributed by atoms with Gasteiger partial charge in [0.2, 0.25) is 5.91 Å². The van der Waals surface area contributed by atoms with E-state index in [1.165, 1.54) is 51.9 Å². The molecule has 6 atom stereocenters. The molecule has 1 saturated heterocycles. The maximum Gasteiger partial charge on any atom is 0.217 e. The summed E-state index contributed by atoms with van der Waals surface area (Å²) >= 11 is 0. The summed E-state index contributed by atoms with van der Waals surface area (Å²) in [6.07, 6.45) is 7.20. The van der Waals surface area contributed by atoms with Crippen molar-refractivity contribution in [1.82, 2.24) is 10.6 Å². The Morgan fingerprint density at radius 1 is 1.04 bits per heavy atom. The summed E-state index contributed by atoms with van der Waals surface area (Å²) in [7, 11) is 0. The lowest BCUT2D eigenvalue weighted by atomic mass is 9.95. The molecule has 8 heteroatoms. The van der Waals surface area contributed by atoms with E-state index in [4.69, 9.17) is 10.5 Å². The Bertz CT molecular complexity index is 427. The minimum Gasteiger partial charge on any atom is -0.394 e. The number of carbonyl (C=O) groups excluding carboxylic acids is 1. The number of nitrogens with one attached hydrogen (secondary N) is 2. The van der Waals surface area contributed by atoms with E-state index >= 15 is 0 Å². The third-order valence-electron chi connectivity index (χ3n) is 5.29. The van der Waals surface area contributed by atoms with Crippen molar-refractivity contribution in [2.24, 2.45) is 5.73 Å². The van der Waals surface area contributed by atoms with E-state index in [1.54, 1.807) is 0 Å². The Balaban J connectivity index is 2.34. The number of aliphatic hydroxyl groups excluding tert-OH is 3. The highest BCUT2D eigenvalue weighted by Crippen LogP contribution is 2.20. The van der Waals surface area contributed by atoms with E-state index in [9.17, 15) is 20.1 Å². The van der Waals surface area contributed by atoms with Gasteiger partial charge in [0.25, 0.3) is 0 Å². The van der Waals surface area contributed by atoms with Gasteiger partial charge >= 0.3 is 0 Å². The van der Waals surface area contributed by atoms with E-state index in [2.05, 4.69) is 17.6 Å². The van der Waals surface area contributed by atoms with Crippen LogP contribution in [0.1, 0.15) is 78.1 Å². The van der Waals surface area contributed by atoms with Crippen LogP contribution in [0.3, 0.4) is 0 Å². The Hall–Kier alpha value is -0.770. The van der Waals surface area contributed by atoms with Gasteiger partial charge in [0, 0.05) is 6.92 Å². The number of carbonyl (C=O) groups is 1. The molecule has 0 radical (unpaired) electrons. The van der Waals surface area contributed by atoms with Gasteiger partial charge in [0.1, 0.15) is 24.5 Å². The average molecular weight is 404 g/mol. The highest BCUT2D eigenvalue weighted by atomic mass is 16.5. The minimum atomic E-state index is -1.28. The summed E-state index contributed by atoms with van der Waals surface area (Å²) < 4.78 is 5.63. The van der Waals surface area contributed by atoms with Crippen LogP contribution in [0.15, 0.2) is 0 Å². The molecule has 28 heavy (non-hydrogen) atoms. The first kappa shape index (κ1) is 25.3. The Labute approximate surface area is 169 Å². The molecule has 0 aromatic carbocycles. The van der Waals surface area contributed by atoms with Crippen molar-refractivity contribution in [3.8, 4) is 0 Å². The number of unbranched alkanes of at least 4 members (excludes halogenated alkanes) is 8. The minimum absolute atomic E-state index is 0.346. The topological polar surface area (TPSA) is 137 Å². The maximum absolute atomic E-state index is 11.4. The molecule has 1 aliphatic heterocycles. The molecule has 1 amide bonds. The monoisotopic (exact) mass is 403 g/mol. The Morgan fingerprint density at radius 2 is 1.61 bits per heavy atom. The fourth-order valence-corrected chi connectivity index (χ4v) is 3.62. The number of hydrogen-bond donors (Lipinski definition) is 6. The van der Waals surface area contributed by atoms with E-state index in [1.807, 2.05) is 0 Å². The number of nitrogens with two attached hydrogens (primary N) is 1. The van der Waals surface area contributed by atoms with Crippen LogP contribution in [0.5, 0.6) is 0 Å². The molecule has 1 fully saturated rings. The summed E-state index contributed by atoms with van der Waals surface area (Å²) in [5.74, 6) is -0.346. The van der Waals surface area contributed by atoms with Crippen molar-refractivity contribution >= 4 is 5.91 Å². The van der Waals surface area contributed by atoms with E-state index < -0.39 is 37.2 Å². The van der Waals surface area contributed by atoms with Gasteiger partial charge in [-0.15, -0.1) is 0 Å². The second kappa shape index (κ2) is 14.3. The predicted molar refractivity (Wildman–Crippen MR) is 108 cm³/mol. The van der Waals surface area contributed by atoms with E-state index in [0.29, 0.717) is 0 Å². The number of ether oxygens (including phenoxy) is 1. The van der Waals surface area contributed by atoms with Gasteiger partial charge in [0.05, 0.1) is 18.8 Å². The van der Waals surface area contributed by atoms with E-state index in [0.717, 1.165) is 19.3 Å². The Morgan fingerprint density at radius 3 is 2.14 bits per heavy atom. The third-order valence-corrected chi connectivity index (χ3v) is 5.29. The number of hydrogen-bond acceptors (Lipinski definition) is 7. The third kappa shape index (κ3) is 9.15. The summed E-state index contributed by atoms with van der Waals surface area (Å²) in [6.45, 7) is 3.12. The summed E-state index contributed by atoms with van der Waals surface area (Å²) in [5, 5.41) is 35.3. The molecule has 0 aromatic heterocycles. The van der Waals surface area contributed by atoms with Gasteiger partial charge < -0.3 is 31.1 Å². The molecule has 1 rings (SSSR count). The second-order valence-electron chi connectivity index (χ2n) is 7.88. The molecule has 1 heterocycles. The van der Waals surface area contributed by atoms with Gasteiger partial charge in [-0.05, 0) is 6.42 Å². The number of amides is 1. The smallest absolute Gasteiger partial charge is 0.217 e. The molecule has 0 bridgehead atoms. The Kier molecular flexibility index (Phi) is 12.9. The van der Waals surface area contributed by atoms with Crippen LogP contribution in [0, 0.1) is 0 Å². The molecule has 8 nitrogen and oxygen atoms in total. The quantitative estimate of drug-likeness (QED) is 0.186. The summed E-state index contributed by atoms with van der Waals surface area (Å²) in [4.78, 5) is 11.4. The standard InChI is InChI=1S/C20H41N3O5/c1-3-4-5-6-7-8-9-10-11-12-16(21)23-20-17(22-14(2)25)19(27)18(26)15(13-24)28-20/h15-20,23-24,26-27H,3-13,21H2,1-2H3,(H,22,25)/t15-,16-,17-,18-,19-,20-/m1/s1. The first-order valence-corrected chi connectivity index (χ1v) is 10.8. The first-order valence-electron chi connectivity index (χ1n) is 10.8. The molecular formula is C20H41N3O5. The highest BCUT2D eigenvalue weighted by Gasteiger charge is 2.44. The van der Waals surface area contributed by atoms with Gasteiger partial charge in [-0.3, -0.25) is 10.1 Å². The summed E-state index contributed by atoms with van der Waals surface area (Å²) in [6, 6.07) is -0.843. The zero-order valence-corrected chi connectivity index (χ0v) is 17.5. The maximum atomic E-state index is 11.4. The predicted octanol–water partition coefficient (Wildman–Crippen LogP) is 0.725. The van der Waals surface area contributed by atoms with Gasteiger partial charge in [0.15, 0.2) is 0 Å². The van der Waals surface area contributed by atoms with Crippen LogP contribution in [0.25, 0.3) is 0 Å². The fraction of sp³-hybridized carbons (Fsp3) is 0.950. The number of aliphatic hydroxyl groups is 3. The molecule has 1 aliphatic rings. The van der Waals surface area contributed by atoms with Crippen molar-refractivity contribution in [2.45, 2.75) is 115 Å². The van der Waals surface area contributed by atoms with Crippen molar-refractivity contribution < 1.29 is 24.9 Å². The molecule has 0 spiro atoms. The SMILES string of the molecule is CCCCCCCCCCC[C@H](N)N[C@@H]1O[C@H](CO)[C@@H](O)[C@H](O)[C@H]1NC(C)=O. The molecular weight excluding hydrogens is 362 g/mol. The molecule has 166 valence electrons. The summed E-state index contributed by atoms with van der Waals surface area (Å²) in [5.41, 5.74) is 6.15. The van der Waals surface area contributed by atoms with Crippen molar-refractivity contribution in [3.05, 3.63) is 0 Å². The molecule has 0 unspecified atom stereocenters. The zero-order chi connectivity index (χ0) is 20.9. The number of rotatable bonds is 14. The lowest BCUT2D eigenvalue weighted by Crippen LogP contribution is -2.69. The highest BCUT2D eigenvalue weighted by molar-refractivity contribution is 5.73. The normalized spacial score (nSPS) is 28.9. The van der Waals surface area contributed by atoms with Crippen molar-refractivity contribution in [3.63, 3.8) is 0 Å². The largest absolute Gasteiger partial charge is 0.394 e. The van der Waals surface area contributed by atoms with Crippen LogP contribution in [0.2, 0.25) is 0 Å². The molecule has 0 aromatic rings. The lowest BCUT2D eigenvalue weighted by molar-refractivity contribution is -0.204. The van der Waals surface area contributed by atoms with Crippen LogP contribution < -0.4 is 16.4 Å². The molecule has 7 N–H and O–H groups in total. The van der Waals surface area contributed by atoms with Crippen molar-refractivity contribution in [2.75, 3.05) is 6.61 Å². The zero-order valence-electron chi connectivity index (χ0n) is 17.5.